The van der Waals surface area contributed by atoms with Gasteiger partial charge in [-0.1, -0.05) is 24.4 Å². The van der Waals surface area contributed by atoms with Gasteiger partial charge < -0.3 is 15.2 Å². The average molecular weight is 288 g/mol. The molecule has 2 N–H and O–H groups in total. The van der Waals surface area contributed by atoms with Gasteiger partial charge in [-0.2, -0.15) is 0 Å². The second-order valence-electron chi connectivity index (χ2n) is 4.98. The molecular formula is C14H19ClFNO2. The molecule has 2 rings (SSSR count). The van der Waals surface area contributed by atoms with E-state index < -0.39 is 5.82 Å². The van der Waals surface area contributed by atoms with Crippen LogP contribution in [0.15, 0.2) is 6.07 Å². The highest BCUT2D eigenvalue weighted by molar-refractivity contribution is 6.32. The predicted molar refractivity (Wildman–Crippen MR) is 73.7 cm³/mol. The van der Waals surface area contributed by atoms with E-state index in [4.69, 9.17) is 26.8 Å². The fourth-order valence-electron chi connectivity index (χ4n) is 2.95. The largest absolute Gasteiger partial charge is 0.493 e. The normalized spacial score (nSPS) is 17.5. The zero-order chi connectivity index (χ0) is 14.0. The lowest BCUT2D eigenvalue weighted by Crippen LogP contribution is -2.33. The van der Waals surface area contributed by atoms with E-state index in [0.717, 1.165) is 25.7 Å². The summed E-state index contributed by atoms with van der Waals surface area (Å²) in [6, 6.07) is 1.68. The molecule has 0 unspecified atom stereocenters. The third-order valence-corrected chi connectivity index (χ3v) is 4.41. The van der Waals surface area contributed by atoms with Crippen LogP contribution in [0.25, 0.3) is 0 Å². The predicted octanol–water partition coefficient (Wildman–Crippen LogP) is 3.27. The van der Waals surface area contributed by atoms with Gasteiger partial charge in [-0.05, 0) is 18.9 Å². The van der Waals surface area contributed by atoms with Gasteiger partial charge >= 0.3 is 0 Å². The van der Waals surface area contributed by atoms with Gasteiger partial charge in [0.25, 0.3) is 0 Å². The maximum absolute atomic E-state index is 14.5. The first-order valence-electron chi connectivity index (χ1n) is 6.40. The fraction of sp³-hybridized carbons (Fsp3) is 0.571. The summed E-state index contributed by atoms with van der Waals surface area (Å²) >= 11 is 6.06. The topological polar surface area (TPSA) is 44.5 Å². The van der Waals surface area contributed by atoms with Crippen molar-refractivity contribution in [2.75, 3.05) is 20.8 Å². The molecule has 0 bridgehead atoms. The molecule has 0 radical (unpaired) electrons. The number of nitrogens with two attached hydrogens (primary N) is 1. The SMILES string of the molecule is COc1cc(C2(CN)CCCC2)c(F)c(Cl)c1OC. The molecule has 0 amide bonds. The molecule has 0 heterocycles. The van der Waals surface area contributed by atoms with E-state index in [1.807, 2.05) is 0 Å². The maximum Gasteiger partial charge on any atom is 0.182 e. The Morgan fingerprint density at radius 2 is 1.95 bits per heavy atom. The first-order chi connectivity index (χ1) is 9.09. The van der Waals surface area contributed by atoms with Crippen molar-refractivity contribution >= 4 is 11.6 Å². The molecular weight excluding hydrogens is 269 g/mol. The molecule has 3 nitrogen and oxygen atoms in total. The monoisotopic (exact) mass is 287 g/mol. The number of methoxy groups -OCH3 is 2. The van der Waals surface area contributed by atoms with Crippen LogP contribution in [-0.4, -0.2) is 20.8 Å². The molecule has 1 aromatic carbocycles. The van der Waals surface area contributed by atoms with Crippen LogP contribution in [0, 0.1) is 5.82 Å². The van der Waals surface area contributed by atoms with Crippen molar-refractivity contribution in [1.82, 2.24) is 0 Å². The molecule has 19 heavy (non-hydrogen) atoms. The molecule has 0 aromatic heterocycles. The lowest BCUT2D eigenvalue weighted by molar-refractivity contribution is 0.346. The molecule has 0 spiro atoms. The molecule has 1 fully saturated rings. The summed E-state index contributed by atoms with van der Waals surface area (Å²) in [4.78, 5) is 0. The Hall–Kier alpha value is -1.00. The third kappa shape index (κ3) is 2.28. The van der Waals surface area contributed by atoms with Crippen molar-refractivity contribution in [3.63, 3.8) is 0 Å². The smallest absolute Gasteiger partial charge is 0.182 e. The zero-order valence-corrected chi connectivity index (χ0v) is 12.0. The highest BCUT2D eigenvalue weighted by atomic mass is 35.5. The molecule has 0 saturated heterocycles. The number of rotatable bonds is 4. The average Bonchev–Trinajstić information content (AvgIpc) is 2.91. The van der Waals surface area contributed by atoms with Gasteiger partial charge in [-0.15, -0.1) is 0 Å². The van der Waals surface area contributed by atoms with Crippen LogP contribution in [0.1, 0.15) is 31.2 Å². The Morgan fingerprint density at radius 3 is 2.42 bits per heavy atom. The lowest BCUT2D eigenvalue weighted by Gasteiger charge is -2.29. The van der Waals surface area contributed by atoms with E-state index in [9.17, 15) is 4.39 Å². The summed E-state index contributed by atoms with van der Waals surface area (Å²) in [7, 11) is 2.96. The quantitative estimate of drug-likeness (QED) is 0.924. The highest BCUT2D eigenvalue weighted by Gasteiger charge is 2.38. The van der Waals surface area contributed by atoms with Gasteiger partial charge in [0, 0.05) is 17.5 Å². The first kappa shape index (κ1) is 14.4. The second-order valence-corrected chi connectivity index (χ2v) is 5.36. The minimum atomic E-state index is -0.438. The molecule has 0 aliphatic heterocycles. The van der Waals surface area contributed by atoms with Crippen molar-refractivity contribution in [1.29, 1.82) is 0 Å². The number of hydrogen-bond acceptors (Lipinski definition) is 3. The van der Waals surface area contributed by atoms with Crippen molar-refractivity contribution < 1.29 is 13.9 Å². The molecule has 5 heteroatoms. The van der Waals surface area contributed by atoms with E-state index in [2.05, 4.69) is 0 Å². The van der Waals surface area contributed by atoms with Gasteiger partial charge in [0.1, 0.15) is 10.8 Å². The second kappa shape index (κ2) is 5.55. The molecule has 1 aromatic rings. The van der Waals surface area contributed by atoms with Crippen LogP contribution < -0.4 is 15.2 Å². The van der Waals surface area contributed by atoms with Crippen LogP contribution in [0.2, 0.25) is 5.02 Å². The van der Waals surface area contributed by atoms with Crippen LogP contribution >= 0.6 is 11.6 Å². The van der Waals surface area contributed by atoms with Gasteiger partial charge in [0.05, 0.1) is 14.2 Å². The summed E-state index contributed by atoms with van der Waals surface area (Å²) < 4.78 is 24.9. The number of benzene rings is 1. The van der Waals surface area contributed by atoms with E-state index in [1.165, 1.54) is 14.2 Å². The molecule has 1 aliphatic carbocycles. The van der Waals surface area contributed by atoms with Gasteiger partial charge in [0.2, 0.25) is 0 Å². The Balaban J connectivity index is 2.60. The van der Waals surface area contributed by atoms with Crippen molar-refractivity contribution in [3.8, 4) is 11.5 Å². The third-order valence-electron chi connectivity index (χ3n) is 4.07. The Labute approximate surface area is 117 Å². The van der Waals surface area contributed by atoms with Crippen molar-refractivity contribution in [2.45, 2.75) is 31.1 Å². The van der Waals surface area contributed by atoms with Crippen molar-refractivity contribution in [2.24, 2.45) is 5.73 Å². The van der Waals surface area contributed by atoms with Gasteiger partial charge in [-0.25, -0.2) is 4.39 Å². The summed E-state index contributed by atoms with van der Waals surface area (Å²) in [5.74, 6) is 0.242. The number of ether oxygens (including phenoxy) is 2. The fourth-order valence-corrected chi connectivity index (χ4v) is 3.22. The summed E-state index contributed by atoms with van der Waals surface area (Å²) in [6.07, 6.45) is 3.88. The van der Waals surface area contributed by atoms with Crippen LogP contribution in [0.3, 0.4) is 0 Å². The van der Waals surface area contributed by atoms with E-state index >= 15 is 0 Å². The molecule has 1 aliphatic rings. The maximum atomic E-state index is 14.5. The number of hydrogen-bond donors (Lipinski definition) is 1. The van der Waals surface area contributed by atoms with E-state index in [0.29, 0.717) is 17.9 Å². The number of halogens is 2. The van der Waals surface area contributed by atoms with Crippen LogP contribution in [0.4, 0.5) is 4.39 Å². The lowest BCUT2D eigenvalue weighted by atomic mass is 9.78. The molecule has 1 saturated carbocycles. The summed E-state index contributed by atoms with van der Waals surface area (Å²) in [5, 5.41) is -0.0309. The van der Waals surface area contributed by atoms with E-state index in [-0.39, 0.29) is 16.2 Å². The van der Waals surface area contributed by atoms with Gasteiger partial charge in [-0.3, -0.25) is 0 Å². The Bertz CT molecular complexity index is 473. The van der Waals surface area contributed by atoms with Crippen LogP contribution in [0.5, 0.6) is 11.5 Å². The minimum absolute atomic E-state index is 0.0309. The summed E-state index contributed by atoms with van der Waals surface area (Å²) in [5.41, 5.74) is 6.12. The zero-order valence-electron chi connectivity index (χ0n) is 11.3. The Kier molecular flexibility index (Phi) is 4.21. The van der Waals surface area contributed by atoms with E-state index in [1.54, 1.807) is 6.07 Å². The molecule has 0 atom stereocenters. The standard InChI is InChI=1S/C14H19ClFNO2/c1-18-10-7-9(12(16)11(15)13(10)19-2)14(8-17)5-3-4-6-14/h7H,3-6,8,17H2,1-2H3. The minimum Gasteiger partial charge on any atom is -0.493 e. The highest BCUT2D eigenvalue weighted by Crippen LogP contribution is 2.47. The van der Waals surface area contributed by atoms with Crippen LogP contribution in [-0.2, 0) is 5.41 Å². The summed E-state index contributed by atoms with van der Waals surface area (Å²) in [6.45, 7) is 0.412. The Morgan fingerprint density at radius 1 is 1.32 bits per heavy atom. The molecule has 106 valence electrons. The van der Waals surface area contributed by atoms with Crippen molar-refractivity contribution in [3.05, 3.63) is 22.5 Å². The first-order valence-corrected chi connectivity index (χ1v) is 6.78. The van der Waals surface area contributed by atoms with Gasteiger partial charge in [0.15, 0.2) is 11.5 Å².